The second-order valence-electron chi connectivity index (χ2n) is 10.2. The zero-order valence-corrected chi connectivity index (χ0v) is 19.1. The van der Waals surface area contributed by atoms with Crippen molar-refractivity contribution in [2.45, 2.75) is 91.3 Å². The number of aromatic hydroxyl groups is 2. The number of rotatable bonds is 3. The van der Waals surface area contributed by atoms with Crippen molar-refractivity contribution in [3.63, 3.8) is 0 Å². The highest BCUT2D eigenvalue weighted by molar-refractivity contribution is 5.57. The van der Waals surface area contributed by atoms with E-state index in [1.807, 2.05) is 26.0 Å². The molecule has 2 aromatic carbocycles. The van der Waals surface area contributed by atoms with Gasteiger partial charge in [-0.05, 0) is 103 Å². The zero-order chi connectivity index (χ0) is 21.8. The van der Waals surface area contributed by atoms with E-state index in [4.69, 9.17) is 9.47 Å². The van der Waals surface area contributed by atoms with E-state index in [2.05, 4.69) is 27.7 Å². The van der Waals surface area contributed by atoms with Crippen LogP contribution in [-0.2, 0) is 25.7 Å². The lowest BCUT2D eigenvalue weighted by Gasteiger charge is -2.35. The third-order valence-electron chi connectivity index (χ3n) is 6.65. The van der Waals surface area contributed by atoms with Gasteiger partial charge in [0, 0.05) is 22.3 Å². The Morgan fingerprint density at radius 1 is 0.733 bits per heavy atom. The third kappa shape index (κ3) is 3.73. The minimum atomic E-state index is -0.190. The van der Waals surface area contributed by atoms with Crippen LogP contribution < -0.4 is 9.47 Å². The van der Waals surface area contributed by atoms with E-state index in [-0.39, 0.29) is 11.2 Å². The Kier molecular flexibility index (Phi) is 4.95. The average molecular weight is 411 g/mol. The summed E-state index contributed by atoms with van der Waals surface area (Å²) in [5, 5.41) is 21.5. The van der Waals surface area contributed by atoms with Gasteiger partial charge in [0.1, 0.15) is 34.2 Å². The van der Waals surface area contributed by atoms with E-state index >= 15 is 0 Å². The van der Waals surface area contributed by atoms with Crippen molar-refractivity contribution in [2.75, 3.05) is 0 Å². The topological polar surface area (TPSA) is 58.9 Å². The Labute approximate surface area is 179 Å². The third-order valence-corrected chi connectivity index (χ3v) is 6.65. The summed E-state index contributed by atoms with van der Waals surface area (Å²) in [5.41, 5.74) is 5.69. The second-order valence-corrected chi connectivity index (χ2v) is 10.2. The Bertz CT molecular complexity index is 920. The molecular formula is C26H34O4. The van der Waals surface area contributed by atoms with E-state index in [9.17, 15) is 10.2 Å². The first-order valence-electron chi connectivity index (χ1n) is 11.0. The van der Waals surface area contributed by atoms with E-state index in [1.54, 1.807) is 0 Å². The van der Waals surface area contributed by atoms with Crippen LogP contribution in [0.1, 0.15) is 73.9 Å². The van der Waals surface area contributed by atoms with Crippen LogP contribution in [0.4, 0.5) is 0 Å². The van der Waals surface area contributed by atoms with Gasteiger partial charge in [0.2, 0.25) is 0 Å². The van der Waals surface area contributed by atoms with Gasteiger partial charge in [0.15, 0.2) is 0 Å². The number of ether oxygens (including phenoxy) is 2. The molecule has 0 atom stereocenters. The molecule has 0 bridgehead atoms. The molecular weight excluding hydrogens is 376 g/mol. The molecule has 2 aliphatic heterocycles. The van der Waals surface area contributed by atoms with Gasteiger partial charge in [0.25, 0.3) is 0 Å². The largest absolute Gasteiger partial charge is 0.508 e. The highest BCUT2D eigenvalue weighted by Crippen LogP contribution is 2.44. The smallest absolute Gasteiger partial charge is 0.126 e. The van der Waals surface area contributed by atoms with E-state index in [0.717, 1.165) is 70.6 Å². The lowest BCUT2D eigenvalue weighted by atomic mass is 9.85. The Morgan fingerprint density at radius 3 is 1.47 bits per heavy atom. The number of phenolic OH excluding ortho intramolecular Hbond substituents is 2. The molecule has 0 saturated carbocycles. The monoisotopic (exact) mass is 410 g/mol. The van der Waals surface area contributed by atoms with Crippen molar-refractivity contribution in [2.24, 2.45) is 0 Å². The van der Waals surface area contributed by atoms with Crippen LogP contribution in [0.2, 0.25) is 0 Å². The highest BCUT2D eigenvalue weighted by Gasteiger charge is 2.32. The predicted molar refractivity (Wildman–Crippen MR) is 119 cm³/mol. The lowest BCUT2D eigenvalue weighted by molar-refractivity contribution is 0.0825. The van der Waals surface area contributed by atoms with Crippen LogP contribution in [0.5, 0.6) is 23.0 Å². The molecule has 30 heavy (non-hydrogen) atoms. The Morgan fingerprint density at radius 2 is 1.10 bits per heavy atom. The summed E-state index contributed by atoms with van der Waals surface area (Å²) in [6, 6.07) is 3.62. The molecule has 0 saturated heterocycles. The number of fused-ring (bicyclic) bond motifs is 2. The predicted octanol–water partition coefficient (Wildman–Crippen LogP) is 5.71. The van der Waals surface area contributed by atoms with E-state index in [1.165, 1.54) is 0 Å². The normalized spacial score (nSPS) is 18.7. The molecule has 4 heteroatoms. The minimum absolute atomic E-state index is 0.190. The van der Waals surface area contributed by atoms with Gasteiger partial charge in [-0.25, -0.2) is 0 Å². The number of benzene rings is 2. The summed E-state index contributed by atoms with van der Waals surface area (Å²) in [6.07, 6.45) is 4.94. The summed E-state index contributed by atoms with van der Waals surface area (Å²) in [6.45, 7) is 12.4. The SMILES string of the molecule is Cc1cc(O)c(CCc2c(O)cc(C)c3c2CCC(C)(C)O3)c2c1OC(C)(C)CC2. The highest BCUT2D eigenvalue weighted by atomic mass is 16.5. The molecule has 0 aromatic heterocycles. The van der Waals surface area contributed by atoms with E-state index in [0.29, 0.717) is 24.3 Å². The maximum Gasteiger partial charge on any atom is 0.126 e. The van der Waals surface area contributed by atoms with Crippen molar-refractivity contribution in [3.05, 3.63) is 45.5 Å². The van der Waals surface area contributed by atoms with Crippen LogP contribution in [0.3, 0.4) is 0 Å². The lowest BCUT2D eigenvalue weighted by Crippen LogP contribution is -2.33. The molecule has 0 radical (unpaired) electrons. The first-order chi connectivity index (χ1) is 14.0. The van der Waals surface area contributed by atoms with Crippen LogP contribution in [0.25, 0.3) is 0 Å². The van der Waals surface area contributed by atoms with Gasteiger partial charge >= 0.3 is 0 Å². The maximum absolute atomic E-state index is 10.7. The zero-order valence-electron chi connectivity index (χ0n) is 19.1. The maximum atomic E-state index is 10.7. The van der Waals surface area contributed by atoms with Crippen molar-refractivity contribution in [1.82, 2.24) is 0 Å². The molecule has 4 nitrogen and oxygen atoms in total. The molecule has 2 heterocycles. The van der Waals surface area contributed by atoms with Crippen LogP contribution in [0, 0.1) is 13.8 Å². The summed E-state index contributed by atoms with van der Waals surface area (Å²) in [7, 11) is 0. The molecule has 2 aromatic rings. The molecule has 0 fully saturated rings. The van der Waals surface area contributed by atoms with Gasteiger partial charge in [-0.1, -0.05) is 0 Å². The van der Waals surface area contributed by atoms with Crippen molar-refractivity contribution < 1.29 is 19.7 Å². The number of phenols is 2. The van der Waals surface area contributed by atoms with Gasteiger partial charge in [-0.15, -0.1) is 0 Å². The van der Waals surface area contributed by atoms with Gasteiger partial charge in [-0.3, -0.25) is 0 Å². The van der Waals surface area contributed by atoms with Crippen LogP contribution >= 0.6 is 0 Å². The summed E-state index contributed by atoms with van der Waals surface area (Å²) in [5.74, 6) is 2.48. The van der Waals surface area contributed by atoms with Gasteiger partial charge in [0.05, 0.1) is 0 Å². The molecule has 2 N–H and O–H groups in total. The number of hydrogen-bond acceptors (Lipinski definition) is 4. The second kappa shape index (κ2) is 7.11. The molecule has 0 aliphatic carbocycles. The molecule has 162 valence electrons. The van der Waals surface area contributed by atoms with Crippen molar-refractivity contribution in [1.29, 1.82) is 0 Å². The number of hydrogen-bond donors (Lipinski definition) is 2. The van der Waals surface area contributed by atoms with Gasteiger partial charge < -0.3 is 19.7 Å². The first kappa shape index (κ1) is 20.9. The molecule has 0 unspecified atom stereocenters. The first-order valence-corrected chi connectivity index (χ1v) is 11.0. The fourth-order valence-corrected chi connectivity index (χ4v) is 4.90. The van der Waals surface area contributed by atoms with Crippen LogP contribution in [-0.4, -0.2) is 21.4 Å². The van der Waals surface area contributed by atoms with Gasteiger partial charge in [-0.2, -0.15) is 0 Å². The minimum Gasteiger partial charge on any atom is -0.508 e. The molecule has 4 rings (SSSR count). The molecule has 0 amide bonds. The Balaban J connectivity index is 1.69. The van der Waals surface area contributed by atoms with E-state index < -0.39 is 0 Å². The van der Waals surface area contributed by atoms with Crippen LogP contribution in [0.15, 0.2) is 12.1 Å². The summed E-state index contributed by atoms with van der Waals surface area (Å²) < 4.78 is 12.5. The Hall–Kier alpha value is -2.36. The summed E-state index contributed by atoms with van der Waals surface area (Å²) in [4.78, 5) is 0. The van der Waals surface area contributed by atoms with Crippen molar-refractivity contribution in [3.8, 4) is 23.0 Å². The fourth-order valence-electron chi connectivity index (χ4n) is 4.90. The summed E-state index contributed by atoms with van der Waals surface area (Å²) >= 11 is 0. The molecule has 2 aliphatic rings. The van der Waals surface area contributed by atoms with Crippen molar-refractivity contribution >= 4 is 0 Å². The number of aryl methyl sites for hydroxylation is 2. The standard InChI is InChI=1S/C26H34O4/c1-15-13-21(27)17(19-9-11-25(3,4)29-23(15)19)7-8-18-20-10-12-26(5,6)30-24(20)16(2)14-22(18)28/h13-14,27-28H,7-12H2,1-6H3. The fraction of sp³-hybridized carbons (Fsp3) is 0.538. The average Bonchev–Trinajstić information content (AvgIpc) is 2.63. The quantitative estimate of drug-likeness (QED) is 0.681. The molecule has 0 spiro atoms.